The SMILES string of the molecule is Cc1cc(CCc2ccccc2F)n[nH]1. The normalized spacial score (nSPS) is 10.5. The van der Waals surface area contributed by atoms with Crippen molar-refractivity contribution in [1.82, 2.24) is 10.2 Å². The number of H-pyrrole nitrogens is 1. The van der Waals surface area contributed by atoms with Crippen LogP contribution in [0.2, 0.25) is 0 Å². The molecule has 1 heterocycles. The van der Waals surface area contributed by atoms with Gasteiger partial charge >= 0.3 is 0 Å². The van der Waals surface area contributed by atoms with E-state index in [0.29, 0.717) is 6.42 Å². The summed E-state index contributed by atoms with van der Waals surface area (Å²) in [6, 6.07) is 8.85. The monoisotopic (exact) mass is 204 g/mol. The standard InChI is InChI=1S/C12H13FN2/c1-9-8-11(15-14-9)7-6-10-4-2-3-5-12(10)13/h2-5,8H,6-7H2,1H3,(H,14,15). The van der Waals surface area contributed by atoms with Crippen molar-refractivity contribution < 1.29 is 4.39 Å². The third kappa shape index (κ3) is 2.43. The molecule has 0 aliphatic carbocycles. The van der Waals surface area contributed by atoms with E-state index in [0.717, 1.165) is 23.4 Å². The Morgan fingerprint density at radius 1 is 1.27 bits per heavy atom. The molecule has 0 fully saturated rings. The second kappa shape index (κ2) is 4.26. The summed E-state index contributed by atoms with van der Waals surface area (Å²) >= 11 is 0. The van der Waals surface area contributed by atoms with Gasteiger partial charge in [-0.15, -0.1) is 0 Å². The number of halogens is 1. The van der Waals surface area contributed by atoms with Gasteiger partial charge in [0, 0.05) is 5.69 Å². The van der Waals surface area contributed by atoms with Gasteiger partial charge in [-0.1, -0.05) is 18.2 Å². The highest BCUT2D eigenvalue weighted by atomic mass is 19.1. The summed E-state index contributed by atoms with van der Waals surface area (Å²) < 4.78 is 13.3. The minimum absolute atomic E-state index is 0.134. The minimum atomic E-state index is -0.134. The van der Waals surface area contributed by atoms with Crippen molar-refractivity contribution in [2.24, 2.45) is 0 Å². The number of aromatic nitrogens is 2. The lowest BCUT2D eigenvalue weighted by molar-refractivity contribution is 0.608. The van der Waals surface area contributed by atoms with Crippen molar-refractivity contribution in [3.63, 3.8) is 0 Å². The molecule has 1 N–H and O–H groups in total. The van der Waals surface area contributed by atoms with Crippen LogP contribution in [0, 0.1) is 12.7 Å². The quantitative estimate of drug-likeness (QED) is 0.818. The van der Waals surface area contributed by atoms with E-state index in [2.05, 4.69) is 10.2 Å². The summed E-state index contributed by atoms with van der Waals surface area (Å²) in [5.74, 6) is -0.134. The van der Waals surface area contributed by atoms with E-state index >= 15 is 0 Å². The lowest BCUT2D eigenvalue weighted by Crippen LogP contribution is -1.94. The van der Waals surface area contributed by atoms with Crippen LogP contribution in [0.3, 0.4) is 0 Å². The Hall–Kier alpha value is -1.64. The Bertz CT molecular complexity index is 448. The van der Waals surface area contributed by atoms with Crippen LogP contribution in [0.5, 0.6) is 0 Å². The summed E-state index contributed by atoms with van der Waals surface area (Å²) in [7, 11) is 0. The molecule has 0 saturated heterocycles. The highest BCUT2D eigenvalue weighted by Crippen LogP contribution is 2.10. The molecule has 1 aromatic carbocycles. The molecule has 0 aliphatic heterocycles. The molecule has 1 aromatic heterocycles. The maximum absolute atomic E-state index is 13.3. The average molecular weight is 204 g/mol. The van der Waals surface area contributed by atoms with Crippen LogP contribution in [0.1, 0.15) is 17.0 Å². The molecule has 3 heteroatoms. The molecule has 0 spiro atoms. The van der Waals surface area contributed by atoms with Gasteiger partial charge in [-0.3, -0.25) is 5.10 Å². The first-order valence-corrected chi connectivity index (χ1v) is 5.00. The lowest BCUT2D eigenvalue weighted by atomic mass is 10.1. The van der Waals surface area contributed by atoms with Gasteiger partial charge < -0.3 is 0 Å². The molecular formula is C12H13FN2. The molecule has 0 aliphatic rings. The van der Waals surface area contributed by atoms with Crippen molar-refractivity contribution in [2.75, 3.05) is 0 Å². The molecule has 0 amide bonds. The number of rotatable bonds is 3. The third-order valence-corrected chi connectivity index (χ3v) is 2.37. The zero-order valence-corrected chi connectivity index (χ0v) is 8.63. The molecule has 0 unspecified atom stereocenters. The van der Waals surface area contributed by atoms with Crippen LogP contribution in [-0.4, -0.2) is 10.2 Å². The largest absolute Gasteiger partial charge is 0.283 e. The number of nitrogens with one attached hydrogen (secondary N) is 1. The van der Waals surface area contributed by atoms with E-state index in [1.807, 2.05) is 25.1 Å². The minimum Gasteiger partial charge on any atom is -0.283 e. The number of aryl methyl sites for hydroxylation is 3. The smallest absolute Gasteiger partial charge is 0.126 e. The van der Waals surface area contributed by atoms with Crippen molar-refractivity contribution >= 4 is 0 Å². The maximum atomic E-state index is 13.3. The van der Waals surface area contributed by atoms with E-state index in [4.69, 9.17) is 0 Å². The highest BCUT2D eigenvalue weighted by molar-refractivity contribution is 5.19. The summed E-state index contributed by atoms with van der Waals surface area (Å²) in [5.41, 5.74) is 2.77. The number of benzene rings is 1. The molecule has 2 nitrogen and oxygen atoms in total. The second-order valence-electron chi connectivity index (χ2n) is 3.63. The zero-order valence-electron chi connectivity index (χ0n) is 8.63. The maximum Gasteiger partial charge on any atom is 0.126 e. The first kappa shape index (κ1) is 9.90. The molecular weight excluding hydrogens is 191 g/mol. The van der Waals surface area contributed by atoms with Gasteiger partial charge in [-0.25, -0.2) is 4.39 Å². The predicted octanol–water partition coefficient (Wildman–Crippen LogP) is 2.64. The van der Waals surface area contributed by atoms with Crippen molar-refractivity contribution in [2.45, 2.75) is 19.8 Å². The van der Waals surface area contributed by atoms with Gasteiger partial charge in [0.15, 0.2) is 0 Å². The number of aromatic amines is 1. The molecule has 0 atom stereocenters. The van der Waals surface area contributed by atoms with Crippen molar-refractivity contribution in [3.8, 4) is 0 Å². The van der Waals surface area contributed by atoms with Gasteiger partial charge in [-0.2, -0.15) is 5.10 Å². The molecule has 2 aromatic rings. The molecule has 78 valence electrons. The molecule has 15 heavy (non-hydrogen) atoms. The van der Waals surface area contributed by atoms with Gasteiger partial charge in [0.25, 0.3) is 0 Å². The van der Waals surface area contributed by atoms with Gasteiger partial charge in [-0.05, 0) is 37.5 Å². The van der Waals surface area contributed by atoms with E-state index < -0.39 is 0 Å². The fraction of sp³-hybridized carbons (Fsp3) is 0.250. The van der Waals surface area contributed by atoms with E-state index in [-0.39, 0.29) is 5.82 Å². The van der Waals surface area contributed by atoms with Crippen LogP contribution in [0.25, 0.3) is 0 Å². The summed E-state index contributed by atoms with van der Waals surface area (Å²) in [5, 5.41) is 6.99. The first-order valence-electron chi connectivity index (χ1n) is 5.00. The number of hydrogen-bond donors (Lipinski definition) is 1. The van der Waals surface area contributed by atoms with Crippen LogP contribution >= 0.6 is 0 Å². The fourth-order valence-electron chi connectivity index (χ4n) is 1.57. The molecule has 0 bridgehead atoms. The average Bonchev–Trinajstić information content (AvgIpc) is 2.63. The summed E-state index contributed by atoms with van der Waals surface area (Å²) in [6.07, 6.45) is 1.46. The van der Waals surface area contributed by atoms with Crippen LogP contribution < -0.4 is 0 Å². The summed E-state index contributed by atoms with van der Waals surface area (Å²) in [6.45, 7) is 1.96. The van der Waals surface area contributed by atoms with E-state index in [9.17, 15) is 4.39 Å². The third-order valence-electron chi connectivity index (χ3n) is 2.37. The van der Waals surface area contributed by atoms with E-state index in [1.54, 1.807) is 6.07 Å². The Kier molecular flexibility index (Phi) is 2.81. The lowest BCUT2D eigenvalue weighted by Gasteiger charge is -2.00. The molecule has 2 rings (SSSR count). The Morgan fingerprint density at radius 3 is 2.73 bits per heavy atom. The van der Waals surface area contributed by atoms with Gasteiger partial charge in [0.2, 0.25) is 0 Å². The van der Waals surface area contributed by atoms with Crippen LogP contribution in [0.15, 0.2) is 30.3 Å². The van der Waals surface area contributed by atoms with Crippen LogP contribution in [-0.2, 0) is 12.8 Å². The predicted molar refractivity (Wildman–Crippen MR) is 57.1 cm³/mol. The number of hydrogen-bond acceptors (Lipinski definition) is 1. The Morgan fingerprint density at radius 2 is 2.07 bits per heavy atom. The molecule has 0 radical (unpaired) electrons. The number of nitrogens with zero attached hydrogens (tertiary/aromatic N) is 1. The summed E-state index contributed by atoms with van der Waals surface area (Å²) in [4.78, 5) is 0. The fourth-order valence-corrected chi connectivity index (χ4v) is 1.57. The second-order valence-corrected chi connectivity index (χ2v) is 3.63. The van der Waals surface area contributed by atoms with Gasteiger partial charge in [0.05, 0.1) is 5.69 Å². The van der Waals surface area contributed by atoms with E-state index in [1.165, 1.54) is 6.07 Å². The first-order chi connectivity index (χ1) is 7.25. The zero-order chi connectivity index (χ0) is 10.7. The Balaban J connectivity index is 2.02. The highest BCUT2D eigenvalue weighted by Gasteiger charge is 2.02. The van der Waals surface area contributed by atoms with Crippen LogP contribution in [0.4, 0.5) is 4.39 Å². The van der Waals surface area contributed by atoms with Gasteiger partial charge in [0.1, 0.15) is 5.82 Å². The topological polar surface area (TPSA) is 28.7 Å². The van der Waals surface area contributed by atoms with Crippen molar-refractivity contribution in [1.29, 1.82) is 0 Å². The molecule has 0 saturated carbocycles. The van der Waals surface area contributed by atoms with Crippen molar-refractivity contribution in [3.05, 3.63) is 53.1 Å². The Labute approximate surface area is 88.1 Å².